The van der Waals surface area contributed by atoms with Gasteiger partial charge in [0.15, 0.2) is 0 Å². The van der Waals surface area contributed by atoms with Crippen molar-refractivity contribution in [1.82, 2.24) is 4.31 Å². The van der Waals surface area contributed by atoms with Gasteiger partial charge in [0.05, 0.1) is 17.4 Å². The lowest BCUT2D eigenvalue weighted by Crippen LogP contribution is -2.30. The van der Waals surface area contributed by atoms with Gasteiger partial charge in [0.1, 0.15) is 5.75 Å². The first kappa shape index (κ1) is 14.3. The van der Waals surface area contributed by atoms with Crippen molar-refractivity contribution in [2.45, 2.75) is 18.2 Å². The summed E-state index contributed by atoms with van der Waals surface area (Å²) in [6.45, 7) is 2.62. The topological polar surface area (TPSA) is 83.9 Å². The first-order chi connectivity index (χ1) is 9.89. The van der Waals surface area contributed by atoms with E-state index >= 15 is 0 Å². The van der Waals surface area contributed by atoms with E-state index in [9.17, 15) is 13.2 Å². The van der Waals surface area contributed by atoms with Crippen LogP contribution in [-0.2, 0) is 21.2 Å². The molecule has 2 aliphatic heterocycles. The Labute approximate surface area is 123 Å². The van der Waals surface area contributed by atoms with Crippen LogP contribution in [0.25, 0.3) is 0 Å². The van der Waals surface area contributed by atoms with Gasteiger partial charge in [-0.3, -0.25) is 4.79 Å². The Morgan fingerprint density at radius 2 is 2.14 bits per heavy atom. The van der Waals surface area contributed by atoms with Gasteiger partial charge < -0.3 is 9.84 Å². The highest BCUT2D eigenvalue weighted by Crippen LogP contribution is 2.32. The molecule has 21 heavy (non-hydrogen) atoms. The van der Waals surface area contributed by atoms with Gasteiger partial charge in [0.2, 0.25) is 10.0 Å². The molecule has 1 aromatic rings. The molecule has 3 rings (SSSR count). The second-order valence-corrected chi connectivity index (χ2v) is 7.55. The van der Waals surface area contributed by atoms with Gasteiger partial charge in [-0.1, -0.05) is 6.92 Å². The molecule has 2 heterocycles. The minimum Gasteiger partial charge on any atom is -0.493 e. The quantitative estimate of drug-likeness (QED) is 0.899. The number of nitrogens with zero attached hydrogens (tertiary/aromatic N) is 1. The lowest BCUT2D eigenvalue weighted by molar-refractivity contribution is -0.142. The maximum Gasteiger partial charge on any atom is 0.308 e. The Hall–Kier alpha value is -1.60. The smallest absolute Gasteiger partial charge is 0.308 e. The van der Waals surface area contributed by atoms with E-state index in [-0.39, 0.29) is 23.9 Å². The van der Waals surface area contributed by atoms with Crippen molar-refractivity contribution in [2.75, 3.05) is 19.7 Å². The number of carboxylic acids is 1. The number of benzene rings is 1. The average Bonchev–Trinajstić information content (AvgIpc) is 3.03. The highest BCUT2D eigenvalue weighted by Gasteiger charge is 2.40. The van der Waals surface area contributed by atoms with Crippen molar-refractivity contribution in [2.24, 2.45) is 11.8 Å². The Morgan fingerprint density at radius 3 is 2.81 bits per heavy atom. The molecule has 2 unspecified atom stereocenters. The molecule has 0 spiro atoms. The monoisotopic (exact) mass is 311 g/mol. The Balaban J connectivity index is 1.89. The first-order valence-corrected chi connectivity index (χ1v) is 8.32. The highest BCUT2D eigenvalue weighted by atomic mass is 32.2. The third-order valence-corrected chi connectivity index (χ3v) is 6.02. The Kier molecular flexibility index (Phi) is 3.41. The molecule has 2 atom stereocenters. The number of carbonyl (C=O) groups is 1. The van der Waals surface area contributed by atoms with E-state index in [1.165, 1.54) is 10.4 Å². The number of aliphatic carboxylic acids is 1. The molecule has 0 aliphatic carbocycles. The van der Waals surface area contributed by atoms with E-state index in [4.69, 9.17) is 9.84 Å². The third kappa shape index (κ3) is 2.40. The summed E-state index contributed by atoms with van der Waals surface area (Å²) in [5, 5.41) is 9.13. The lowest BCUT2D eigenvalue weighted by atomic mass is 9.99. The van der Waals surface area contributed by atoms with Gasteiger partial charge in [-0.15, -0.1) is 0 Å². The van der Waals surface area contributed by atoms with E-state index in [0.717, 1.165) is 11.3 Å². The molecule has 2 aliphatic rings. The molecule has 1 saturated heterocycles. The number of carboxylic acid groups (broad SMARTS) is 1. The fourth-order valence-electron chi connectivity index (χ4n) is 2.91. The van der Waals surface area contributed by atoms with Crippen molar-refractivity contribution in [3.05, 3.63) is 23.8 Å². The second kappa shape index (κ2) is 4.99. The highest BCUT2D eigenvalue weighted by molar-refractivity contribution is 7.89. The molecular formula is C14H17NO5S. The molecule has 1 N–H and O–H groups in total. The molecule has 7 heteroatoms. The molecule has 6 nitrogen and oxygen atoms in total. The lowest BCUT2D eigenvalue weighted by Gasteiger charge is -2.16. The summed E-state index contributed by atoms with van der Waals surface area (Å²) in [7, 11) is -3.65. The van der Waals surface area contributed by atoms with E-state index in [2.05, 4.69) is 0 Å². The number of rotatable bonds is 3. The summed E-state index contributed by atoms with van der Waals surface area (Å²) in [6.07, 6.45) is 0.701. The fourth-order valence-corrected chi connectivity index (χ4v) is 4.53. The summed E-state index contributed by atoms with van der Waals surface area (Å²) >= 11 is 0. The van der Waals surface area contributed by atoms with Crippen molar-refractivity contribution in [3.8, 4) is 5.75 Å². The van der Waals surface area contributed by atoms with Crippen molar-refractivity contribution in [3.63, 3.8) is 0 Å². The predicted molar refractivity (Wildman–Crippen MR) is 74.7 cm³/mol. The van der Waals surface area contributed by atoms with Gasteiger partial charge in [-0.05, 0) is 29.7 Å². The second-order valence-electron chi connectivity index (χ2n) is 5.61. The van der Waals surface area contributed by atoms with Gasteiger partial charge in [0, 0.05) is 19.5 Å². The molecule has 0 bridgehead atoms. The van der Waals surface area contributed by atoms with Crippen LogP contribution in [0, 0.1) is 11.8 Å². The number of fused-ring (bicyclic) bond motifs is 1. The Bertz CT molecular complexity index is 685. The normalized spacial score (nSPS) is 25.6. The SMILES string of the molecule is CC1CN(S(=O)(=O)c2ccc3c(c2)CCO3)CC1C(=O)O. The summed E-state index contributed by atoms with van der Waals surface area (Å²) in [4.78, 5) is 11.3. The van der Waals surface area contributed by atoms with Crippen molar-refractivity contribution >= 4 is 16.0 Å². The van der Waals surface area contributed by atoms with E-state index in [1.54, 1.807) is 19.1 Å². The third-order valence-electron chi connectivity index (χ3n) is 4.19. The standard InChI is InChI=1S/C14H17NO5S/c1-9-7-15(8-12(9)14(16)17)21(18,19)11-2-3-13-10(6-11)4-5-20-13/h2-3,6,9,12H,4-5,7-8H2,1H3,(H,16,17). The van der Waals surface area contributed by atoms with E-state index < -0.39 is 21.9 Å². The van der Waals surface area contributed by atoms with Crippen molar-refractivity contribution in [1.29, 1.82) is 0 Å². The molecule has 0 amide bonds. The number of sulfonamides is 1. The van der Waals surface area contributed by atoms with Gasteiger partial charge in [-0.25, -0.2) is 8.42 Å². The summed E-state index contributed by atoms with van der Waals surface area (Å²) in [5.74, 6) is -1.04. The number of ether oxygens (including phenoxy) is 1. The summed E-state index contributed by atoms with van der Waals surface area (Å²) in [5.41, 5.74) is 0.887. The van der Waals surface area contributed by atoms with Crippen LogP contribution in [0.2, 0.25) is 0 Å². The predicted octanol–water partition coefficient (Wildman–Crippen LogP) is 0.963. The fraction of sp³-hybridized carbons (Fsp3) is 0.500. The molecule has 1 aromatic carbocycles. The summed E-state index contributed by atoms with van der Waals surface area (Å²) in [6, 6.07) is 4.83. The van der Waals surface area contributed by atoms with Crippen LogP contribution in [0.1, 0.15) is 12.5 Å². The molecule has 1 fully saturated rings. The van der Waals surface area contributed by atoms with E-state index in [0.29, 0.717) is 13.0 Å². The van der Waals surface area contributed by atoms with Crippen LogP contribution in [0.5, 0.6) is 5.75 Å². The molecule has 0 radical (unpaired) electrons. The minimum atomic E-state index is -3.65. The van der Waals surface area contributed by atoms with Crippen LogP contribution in [0.3, 0.4) is 0 Å². The van der Waals surface area contributed by atoms with E-state index in [1.807, 2.05) is 0 Å². The van der Waals surface area contributed by atoms with Crippen molar-refractivity contribution < 1.29 is 23.1 Å². The van der Waals surface area contributed by atoms with Crippen LogP contribution < -0.4 is 4.74 Å². The van der Waals surface area contributed by atoms with Crippen LogP contribution >= 0.6 is 0 Å². The maximum atomic E-state index is 12.6. The largest absolute Gasteiger partial charge is 0.493 e. The minimum absolute atomic E-state index is 0.0341. The zero-order valence-electron chi connectivity index (χ0n) is 11.7. The van der Waals surface area contributed by atoms with Crippen LogP contribution in [0.4, 0.5) is 0 Å². The zero-order valence-corrected chi connectivity index (χ0v) is 12.5. The molecule has 0 saturated carbocycles. The maximum absolute atomic E-state index is 12.6. The average molecular weight is 311 g/mol. The van der Waals surface area contributed by atoms with Crippen LogP contribution in [0.15, 0.2) is 23.1 Å². The zero-order chi connectivity index (χ0) is 15.2. The number of hydrogen-bond donors (Lipinski definition) is 1. The first-order valence-electron chi connectivity index (χ1n) is 6.88. The number of hydrogen-bond acceptors (Lipinski definition) is 4. The van der Waals surface area contributed by atoms with Gasteiger partial charge in [-0.2, -0.15) is 4.31 Å². The Morgan fingerprint density at radius 1 is 1.38 bits per heavy atom. The molecule has 114 valence electrons. The van der Waals surface area contributed by atoms with Gasteiger partial charge in [0.25, 0.3) is 0 Å². The molecule has 0 aromatic heterocycles. The van der Waals surface area contributed by atoms with Crippen LogP contribution in [-0.4, -0.2) is 43.5 Å². The molecular weight excluding hydrogens is 294 g/mol. The summed E-state index contributed by atoms with van der Waals surface area (Å²) < 4.78 is 31.9. The van der Waals surface area contributed by atoms with Gasteiger partial charge >= 0.3 is 5.97 Å².